The summed E-state index contributed by atoms with van der Waals surface area (Å²) in [4.78, 5) is 18.7. The zero-order valence-corrected chi connectivity index (χ0v) is 18.5. The Morgan fingerprint density at radius 1 is 1.16 bits per heavy atom. The van der Waals surface area contributed by atoms with Crippen molar-refractivity contribution >= 4 is 23.4 Å². The van der Waals surface area contributed by atoms with Gasteiger partial charge < -0.3 is 20.3 Å². The molecule has 1 aromatic heterocycles. The fourth-order valence-electron chi connectivity index (χ4n) is 4.39. The zero-order chi connectivity index (χ0) is 23.2. The van der Waals surface area contributed by atoms with E-state index in [1.54, 1.807) is 18.0 Å². The number of nitrogens with one attached hydrogen (secondary N) is 2. The molecular weight excluding hydrogens is 421 g/mol. The number of halogens is 3. The molecule has 0 saturated heterocycles. The van der Waals surface area contributed by atoms with E-state index in [2.05, 4.69) is 15.6 Å². The molecule has 0 bridgehead atoms. The van der Waals surface area contributed by atoms with Crippen LogP contribution in [0.2, 0.25) is 0 Å². The molecule has 1 fully saturated rings. The van der Waals surface area contributed by atoms with Crippen molar-refractivity contribution in [3.63, 3.8) is 0 Å². The first-order valence-electron chi connectivity index (χ1n) is 10.7. The molecule has 1 aliphatic heterocycles. The van der Waals surface area contributed by atoms with Gasteiger partial charge >= 0.3 is 6.09 Å². The molecule has 1 aliphatic carbocycles. The van der Waals surface area contributed by atoms with E-state index in [4.69, 9.17) is 4.74 Å². The van der Waals surface area contributed by atoms with Crippen LogP contribution in [0.1, 0.15) is 51.5 Å². The van der Waals surface area contributed by atoms with Gasteiger partial charge in [0.15, 0.2) is 11.6 Å². The van der Waals surface area contributed by atoms with Crippen LogP contribution in [0.4, 0.5) is 35.3 Å². The van der Waals surface area contributed by atoms with Crippen LogP contribution in [0.5, 0.6) is 0 Å². The van der Waals surface area contributed by atoms with Gasteiger partial charge in [0.2, 0.25) is 0 Å². The van der Waals surface area contributed by atoms with Gasteiger partial charge in [0.05, 0.1) is 5.69 Å². The van der Waals surface area contributed by atoms with E-state index < -0.39 is 23.1 Å². The van der Waals surface area contributed by atoms with E-state index in [1.807, 2.05) is 26.8 Å². The van der Waals surface area contributed by atoms with Crippen molar-refractivity contribution in [2.75, 3.05) is 17.7 Å². The Labute approximate surface area is 185 Å². The number of carbonyl (C=O) groups is 1. The predicted molar refractivity (Wildman–Crippen MR) is 116 cm³/mol. The normalized spacial score (nSPS) is 21.9. The van der Waals surface area contributed by atoms with Gasteiger partial charge in [-0.05, 0) is 51.7 Å². The van der Waals surface area contributed by atoms with Crippen molar-refractivity contribution in [2.24, 2.45) is 0 Å². The molecule has 1 aromatic carbocycles. The zero-order valence-electron chi connectivity index (χ0n) is 18.5. The molecule has 1 saturated carbocycles. The highest BCUT2D eigenvalue weighted by Gasteiger charge is 2.40. The quantitative estimate of drug-likeness (QED) is 0.604. The first-order chi connectivity index (χ1) is 15.0. The summed E-state index contributed by atoms with van der Waals surface area (Å²) in [5, 5.41) is 6.12. The van der Waals surface area contributed by atoms with Gasteiger partial charge in [0.25, 0.3) is 0 Å². The molecule has 0 radical (unpaired) electrons. The summed E-state index contributed by atoms with van der Waals surface area (Å²) in [7, 11) is 1.77. The molecule has 32 heavy (non-hydrogen) atoms. The minimum atomic E-state index is -1.24. The van der Waals surface area contributed by atoms with Gasteiger partial charge in [0, 0.05) is 37.2 Å². The van der Waals surface area contributed by atoms with E-state index >= 15 is 0 Å². The standard InChI is InChI=1S/C23H27F3N4O2/c1-23(2,3)32-22(31)30(4)12-5-7-18-14(9-12)13-6-8-20(29-21(13)28-18)27-19-11-16(25)15(24)10-17(19)26/h6,8,10-12,14,18H,5,7,9H2,1-4H3,(H2,27,28,29). The fraction of sp³-hybridized carbons (Fsp3) is 0.478. The van der Waals surface area contributed by atoms with E-state index in [0.717, 1.165) is 30.9 Å². The number of amides is 1. The number of rotatable bonds is 3. The molecule has 172 valence electrons. The maximum atomic E-state index is 14.0. The van der Waals surface area contributed by atoms with Crippen molar-refractivity contribution in [1.29, 1.82) is 0 Å². The number of carbonyl (C=O) groups excluding carboxylic acids is 1. The van der Waals surface area contributed by atoms with Crippen LogP contribution >= 0.6 is 0 Å². The minimum Gasteiger partial charge on any atom is -0.444 e. The lowest BCUT2D eigenvalue weighted by atomic mass is 9.80. The number of anilines is 3. The molecule has 6 nitrogen and oxygen atoms in total. The lowest BCUT2D eigenvalue weighted by Crippen LogP contribution is -2.45. The molecule has 3 atom stereocenters. The van der Waals surface area contributed by atoms with E-state index in [0.29, 0.717) is 17.7 Å². The summed E-state index contributed by atoms with van der Waals surface area (Å²) in [6, 6.07) is 5.09. The van der Waals surface area contributed by atoms with Gasteiger partial charge in [-0.2, -0.15) is 0 Å². The number of aromatic nitrogens is 1. The number of hydrogen-bond donors (Lipinski definition) is 2. The summed E-state index contributed by atoms with van der Waals surface area (Å²) < 4.78 is 46.1. The molecule has 1 amide bonds. The fourth-order valence-corrected chi connectivity index (χ4v) is 4.39. The number of fused-ring (bicyclic) bond motifs is 3. The third-order valence-corrected chi connectivity index (χ3v) is 5.97. The highest BCUT2D eigenvalue weighted by atomic mass is 19.2. The van der Waals surface area contributed by atoms with Crippen molar-refractivity contribution in [3.05, 3.63) is 47.3 Å². The number of hydrogen-bond acceptors (Lipinski definition) is 5. The molecule has 2 N–H and O–H groups in total. The van der Waals surface area contributed by atoms with Gasteiger partial charge in [-0.15, -0.1) is 0 Å². The smallest absolute Gasteiger partial charge is 0.410 e. The molecule has 9 heteroatoms. The Hall–Kier alpha value is -2.97. The average molecular weight is 448 g/mol. The lowest BCUT2D eigenvalue weighted by molar-refractivity contribution is 0.0178. The summed E-state index contributed by atoms with van der Waals surface area (Å²) in [5.41, 5.74) is 0.281. The van der Waals surface area contributed by atoms with Crippen LogP contribution in [0, 0.1) is 17.5 Å². The lowest BCUT2D eigenvalue weighted by Gasteiger charge is -2.37. The number of ether oxygens (including phenoxy) is 1. The predicted octanol–water partition coefficient (Wildman–Crippen LogP) is 5.54. The Balaban J connectivity index is 1.48. The van der Waals surface area contributed by atoms with Crippen molar-refractivity contribution in [3.8, 4) is 0 Å². The topological polar surface area (TPSA) is 66.5 Å². The molecular formula is C23H27F3N4O2. The van der Waals surface area contributed by atoms with Crippen LogP contribution in [-0.4, -0.2) is 40.7 Å². The second-order valence-electron chi connectivity index (χ2n) is 9.42. The number of benzene rings is 1. The van der Waals surface area contributed by atoms with Crippen LogP contribution in [0.3, 0.4) is 0 Å². The SMILES string of the molecule is CN(C(=O)OC(C)(C)C)C1CCC2Nc3nc(Nc4cc(F)c(F)cc4F)ccc3C2C1. The van der Waals surface area contributed by atoms with Crippen LogP contribution < -0.4 is 10.6 Å². The van der Waals surface area contributed by atoms with Crippen molar-refractivity contribution in [2.45, 2.75) is 63.6 Å². The Bertz CT molecular complexity index is 1040. The van der Waals surface area contributed by atoms with Crippen LogP contribution in [-0.2, 0) is 4.74 Å². The second-order valence-corrected chi connectivity index (χ2v) is 9.42. The van der Waals surface area contributed by atoms with Gasteiger partial charge in [-0.3, -0.25) is 0 Å². The van der Waals surface area contributed by atoms with Crippen LogP contribution in [0.15, 0.2) is 24.3 Å². The van der Waals surface area contributed by atoms with Crippen molar-refractivity contribution < 1.29 is 22.7 Å². The third kappa shape index (κ3) is 4.47. The van der Waals surface area contributed by atoms with E-state index in [-0.39, 0.29) is 29.8 Å². The molecule has 3 unspecified atom stereocenters. The minimum absolute atomic E-state index is 0.0490. The van der Waals surface area contributed by atoms with Gasteiger partial charge in [0.1, 0.15) is 23.1 Å². The second kappa shape index (κ2) is 8.18. The summed E-state index contributed by atoms with van der Waals surface area (Å²) >= 11 is 0. The van der Waals surface area contributed by atoms with E-state index in [9.17, 15) is 18.0 Å². The maximum Gasteiger partial charge on any atom is 0.410 e. The monoisotopic (exact) mass is 448 g/mol. The summed E-state index contributed by atoms with van der Waals surface area (Å²) in [6.45, 7) is 5.53. The first-order valence-corrected chi connectivity index (χ1v) is 10.7. The number of nitrogens with zero attached hydrogens (tertiary/aromatic N) is 2. The summed E-state index contributed by atoms with van der Waals surface area (Å²) in [6.07, 6.45) is 2.13. The number of pyridine rings is 1. The Morgan fingerprint density at radius 3 is 2.59 bits per heavy atom. The average Bonchev–Trinajstić information content (AvgIpc) is 3.07. The molecule has 2 aliphatic rings. The maximum absolute atomic E-state index is 14.0. The van der Waals surface area contributed by atoms with Gasteiger partial charge in [-0.1, -0.05) is 6.07 Å². The summed E-state index contributed by atoms with van der Waals surface area (Å²) in [5.74, 6) is -2.11. The Morgan fingerprint density at radius 2 is 1.88 bits per heavy atom. The Kier molecular flexibility index (Phi) is 5.68. The van der Waals surface area contributed by atoms with Crippen molar-refractivity contribution in [1.82, 2.24) is 9.88 Å². The first kappa shape index (κ1) is 22.2. The molecule has 2 heterocycles. The largest absolute Gasteiger partial charge is 0.444 e. The highest BCUT2D eigenvalue weighted by Crippen LogP contribution is 2.44. The highest BCUT2D eigenvalue weighted by molar-refractivity contribution is 5.68. The van der Waals surface area contributed by atoms with Gasteiger partial charge in [-0.25, -0.2) is 22.9 Å². The molecule has 2 aromatic rings. The van der Waals surface area contributed by atoms with Crippen LogP contribution in [0.25, 0.3) is 0 Å². The third-order valence-electron chi connectivity index (χ3n) is 5.97. The van der Waals surface area contributed by atoms with E-state index in [1.165, 1.54) is 0 Å². The molecule has 0 spiro atoms. The molecule has 4 rings (SSSR count).